The van der Waals surface area contributed by atoms with E-state index in [1.807, 2.05) is 12.1 Å². The quantitative estimate of drug-likeness (QED) is 0.841. The van der Waals surface area contributed by atoms with Gasteiger partial charge in [-0.15, -0.1) is 0 Å². The van der Waals surface area contributed by atoms with Crippen molar-refractivity contribution in [2.75, 3.05) is 0 Å². The second-order valence-corrected chi connectivity index (χ2v) is 5.34. The van der Waals surface area contributed by atoms with Gasteiger partial charge in [0.1, 0.15) is 5.75 Å². The number of carboxylic acid groups (broad SMARTS) is 1. The normalized spacial score (nSPS) is 20.0. The lowest BCUT2D eigenvalue weighted by Gasteiger charge is -2.16. The Morgan fingerprint density at radius 2 is 1.88 bits per heavy atom. The summed E-state index contributed by atoms with van der Waals surface area (Å²) in [5.41, 5.74) is 3.11. The fourth-order valence-corrected chi connectivity index (χ4v) is 3.02. The molecule has 3 nitrogen and oxygen atoms in total. The molecule has 2 aliphatic carbocycles. The van der Waals surface area contributed by atoms with Crippen molar-refractivity contribution in [3.8, 4) is 5.75 Å². The Bertz CT molecular complexity index is 486. The van der Waals surface area contributed by atoms with Crippen LogP contribution in [0.2, 0.25) is 0 Å². The van der Waals surface area contributed by atoms with Crippen LogP contribution in [-0.4, -0.2) is 16.2 Å². The highest BCUT2D eigenvalue weighted by Crippen LogP contribution is 2.54. The molecule has 0 aliphatic heterocycles. The predicted octanol–water partition coefficient (Wildman–Crippen LogP) is 2.39. The third-order valence-corrected chi connectivity index (χ3v) is 4.12. The van der Waals surface area contributed by atoms with Crippen LogP contribution in [0.3, 0.4) is 0 Å². The average Bonchev–Trinajstić information content (AvgIpc) is 2.87. The maximum absolute atomic E-state index is 10.9. The van der Waals surface area contributed by atoms with Gasteiger partial charge in [0, 0.05) is 11.0 Å². The van der Waals surface area contributed by atoms with Crippen molar-refractivity contribution in [2.24, 2.45) is 0 Å². The Labute approximate surface area is 100 Å². The minimum atomic E-state index is -0.776. The fourth-order valence-electron chi connectivity index (χ4n) is 3.02. The van der Waals surface area contributed by atoms with Crippen molar-refractivity contribution >= 4 is 5.97 Å². The van der Waals surface area contributed by atoms with E-state index in [4.69, 9.17) is 5.11 Å². The van der Waals surface area contributed by atoms with Crippen molar-refractivity contribution < 1.29 is 15.0 Å². The lowest BCUT2D eigenvalue weighted by molar-refractivity contribution is -0.137. The SMILES string of the molecule is O=C(O)CC1(c2cc3c(cc2O)CCC3)CC1. The molecule has 17 heavy (non-hydrogen) atoms. The lowest BCUT2D eigenvalue weighted by atomic mass is 9.89. The first-order chi connectivity index (χ1) is 8.11. The summed E-state index contributed by atoms with van der Waals surface area (Å²) in [4.78, 5) is 10.9. The minimum Gasteiger partial charge on any atom is -0.508 e. The summed E-state index contributed by atoms with van der Waals surface area (Å²) in [6.45, 7) is 0. The number of benzene rings is 1. The van der Waals surface area contributed by atoms with E-state index in [1.165, 1.54) is 11.1 Å². The van der Waals surface area contributed by atoms with Gasteiger partial charge in [-0.05, 0) is 49.3 Å². The summed E-state index contributed by atoms with van der Waals surface area (Å²) < 4.78 is 0. The number of carboxylic acids is 1. The summed E-state index contributed by atoms with van der Waals surface area (Å²) in [5.74, 6) is -0.480. The number of aromatic hydroxyl groups is 1. The van der Waals surface area contributed by atoms with Gasteiger partial charge in [-0.3, -0.25) is 4.79 Å². The first-order valence-electron chi connectivity index (χ1n) is 6.18. The third kappa shape index (κ3) is 1.70. The maximum atomic E-state index is 10.9. The van der Waals surface area contributed by atoms with Gasteiger partial charge >= 0.3 is 5.97 Å². The van der Waals surface area contributed by atoms with Crippen molar-refractivity contribution in [1.29, 1.82) is 0 Å². The highest BCUT2D eigenvalue weighted by Gasteiger charge is 2.47. The molecule has 90 valence electrons. The number of hydrogen-bond acceptors (Lipinski definition) is 2. The smallest absolute Gasteiger partial charge is 0.304 e. The second-order valence-electron chi connectivity index (χ2n) is 5.34. The van der Waals surface area contributed by atoms with Crippen molar-refractivity contribution in [3.63, 3.8) is 0 Å². The van der Waals surface area contributed by atoms with Gasteiger partial charge < -0.3 is 10.2 Å². The summed E-state index contributed by atoms with van der Waals surface area (Å²) in [6.07, 6.45) is 5.14. The first kappa shape index (κ1) is 10.6. The monoisotopic (exact) mass is 232 g/mol. The zero-order valence-corrected chi connectivity index (χ0v) is 9.70. The van der Waals surface area contributed by atoms with Crippen LogP contribution in [0.25, 0.3) is 0 Å². The highest BCUT2D eigenvalue weighted by atomic mass is 16.4. The van der Waals surface area contributed by atoms with Crippen LogP contribution in [0, 0.1) is 0 Å². The number of aliphatic carboxylic acids is 1. The standard InChI is InChI=1S/C14H16O3/c15-12-7-10-3-1-2-9(10)6-11(12)14(4-5-14)8-13(16)17/h6-7,15H,1-5,8H2,(H,16,17). The van der Waals surface area contributed by atoms with Gasteiger partial charge in [-0.1, -0.05) is 6.07 Å². The number of rotatable bonds is 3. The Morgan fingerprint density at radius 1 is 1.24 bits per heavy atom. The fraction of sp³-hybridized carbons (Fsp3) is 0.500. The Kier molecular flexibility index (Phi) is 2.18. The molecule has 0 bridgehead atoms. The number of aryl methyl sites for hydroxylation is 2. The Hall–Kier alpha value is -1.51. The molecule has 0 saturated heterocycles. The van der Waals surface area contributed by atoms with Crippen LogP contribution >= 0.6 is 0 Å². The highest BCUT2D eigenvalue weighted by molar-refractivity contribution is 5.70. The zero-order valence-electron chi connectivity index (χ0n) is 9.70. The zero-order chi connectivity index (χ0) is 12.0. The molecule has 0 aromatic heterocycles. The van der Waals surface area contributed by atoms with E-state index < -0.39 is 5.97 Å². The van der Waals surface area contributed by atoms with Gasteiger partial charge in [0.2, 0.25) is 0 Å². The molecule has 0 unspecified atom stereocenters. The molecule has 3 rings (SSSR count). The molecular formula is C14H16O3. The molecule has 0 radical (unpaired) electrons. The summed E-state index contributed by atoms with van der Waals surface area (Å²) in [7, 11) is 0. The molecule has 0 atom stereocenters. The van der Waals surface area contributed by atoms with E-state index in [9.17, 15) is 9.90 Å². The summed E-state index contributed by atoms with van der Waals surface area (Å²) >= 11 is 0. The molecule has 2 aliphatic rings. The van der Waals surface area contributed by atoms with Crippen LogP contribution in [0.1, 0.15) is 42.4 Å². The number of phenolic OH excluding ortho intramolecular Hbond substituents is 1. The second kappa shape index (κ2) is 3.49. The minimum absolute atomic E-state index is 0.138. The lowest BCUT2D eigenvalue weighted by Crippen LogP contribution is -2.13. The van der Waals surface area contributed by atoms with Crippen LogP contribution in [-0.2, 0) is 23.1 Å². The molecule has 1 aromatic rings. The van der Waals surface area contributed by atoms with Crippen LogP contribution < -0.4 is 0 Å². The number of hydrogen-bond donors (Lipinski definition) is 2. The van der Waals surface area contributed by atoms with Gasteiger partial charge in [0.25, 0.3) is 0 Å². The predicted molar refractivity (Wildman–Crippen MR) is 63.3 cm³/mol. The topological polar surface area (TPSA) is 57.5 Å². The first-order valence-corrected chi connectivity index (χ1v) is 6.18. The van der Waals surface area contributed by atoms with Gasteiger partial charge in [0.15, 0.2) is 0 Å². The largest absolute Gasteiger partial charge is 0.508 e. The molecule has 1 saturated carbocycles. The number of fused-ring (bicyclic) bond motifs is 1. The van der Waals surface area contributed by atoms with Crippen LogP contribution in [0.5, 0.6) is 5.75 Å². The van der Waals surface area contributed by atoms with Gasteiger partial charge in [-0.2, -0.15) is 0 Å². The number of phenols is 1. The van der Waals surface area contributed by atoms with E-state index in [0.717, 1.165) is 37.7 Å². The third-order valence-electron chi connectivity index (χ3n) is 4.12. The molecule has 0 amide bonds. The van der Waals surface area contributed by atoms with E-state index in [-0.39, 0.29) is 11.8 Å². The molecule has 2 N–H and O–H groups in total. The summed E-state index contributed by atoms with van der Waals surface area (Å²) in [5, 5.41) is 19.0. The van der Waals surface area contributed by atoms with E-state index in [1.54, 1.807) is 0 Å². The Balaban J connectivity index is 2.01. The Morgan fingerprint density at radius 3 is 2.47 bits per heavy atom. The molecule has 3 heteroatoms. The molecule has 1 fully saturated rings. The van der Waals surface area contributed by atoms with Crippen molar-refractivity contribution in [1.82, 2.24) is 0 Å². The summed E-state index contributed by atoms with van der Waals surface area (Å²) in [6, 6.07) is 3.90. The number of carbonyl (C=O) groups is 1. The maximum Gasteiger partial charge on any atom is 0.304 e. The van der Waals surface area contributed by atoms with Crippen LogP contribution in [0.15, 0.2) is 12.1 Å². The molecular weight excluding hydrogens is 216 g/mol. The average molecular weight is 232 g/mol. The van der Waals surface area contributed by atoms with E-state index in [2.05, 4.69) is 0 Å². The molecule has 0 heterocycles. The molecule has 1 aromatic carbocycles. The van der Waals surface area contributed by atoms with Gasteiger partial charge in [-0.25, -0.2) is 0 Å². The van der Waals surface area contributed by atoms with Crippen molar-refractivity contribution in [3.05, 3.63) is 28.8 Å². The van der Waals surface area contributed by atoms with Crippen LogP contribution in [0.4, 0.5) is 0 Å². The van der Waals surface area contributed by atoms with E-state index in [0.29, 0.717) is 5.75 Å². The van der Waals surface area contributed by atoms with Crippen molar-refractivity contribution in [2.45, 2.75) is 43.9 Å². The van der Waals surface area contributed by atoms with E-state index >= 15 is 0 Å². The molecule has 0 spiro atoms. The van der Waals surface area contributed by atoms with Gasteiger partial charge in [0.05, 0.1) is 6.42 Å².